The number of benzodiazepines with no additional fused rings is 1. The number of anilines is 2. The zero-order chi connectivity index (χ0) is 25.8. The molecule has 0 spiro atoms. The fraction of sp³-hybridized carbons (Fsp3) is 0.214. The maximum Gasteiger partial charge on any atom is 0.291 e. The number of morpholine rings is 1. The number of carbonyl (C=O) groups is 1. The summed E-state index contributed by atoms with van der Waals surface area (Å²) in [5, 5.41) is 11.3. The van der Waals surface area contributed by atoms with Gasteiger partial charge < -0.3 is 25.4 Å². The lowest BCUT2D eigenvalue weighted by molar-refractivity contribution is -0.117. The molecule has 37 heavy (non-hydrogen) atoms. The molecule has 1 atom stereocenters. The van der Waals surface area contributed by atoms with Crippen molar-refractivity contribution < 1.29 is 14.3 Å². The standard InChI is InChI=1S/C28H28N6O3/c1-18-17-20(11-12-23(18)34-13-15-36-16-14-34)25(29)37-28(30)33-26-27(35)31-22-10-6-5-9-21(22)24(32-26)19-7-3-2-4-8-19/h2-12,17,26,29H,13-16H2,1H3,(H2,30,33)(H,31,35). The van der Waals surface area contributed by atoms with Crippen LogP contribution in [0, 0.1) is 12.3 Å². The molecule has 2 aliphatic heterocycles. The molecule has 0 saturated carbocycles. The number of benzene rings is 3. The van der Waals surface area contributed by atoms with Crippen LogP contribution in [0.4, 0.5) is 11.4 Å². The molecule has 1 amide bonds. The third kappa shape index (κ3) is 5.36. The molecule has 5 rings (SSSR count). The minimum atomic E-state index is -1.18. The van der Waals surface area contributed by atoms with E-state index in [4.69, 9.17) is 20.6 Å². The van der Waals surface area contributed by atoms with E-state index < -0.39 is 12.1 Å². The highest BCUT2D eigenvalue weighted by molar-refractivity contribution is 6.19. The summed E-state index contributed by atoms with van der Waals surface area (Å²) >= 11 is 0. The first-order valence-electron chi connectivity index (χ1n) is 12.1. The molecule has 188 valence electrons. The number of nitrogens with two attached hydrogens (primary N) is 1. The van der Waals surface area contributed by atoms with E-state index in [0.717, 1.165) is 35.5 Å². The number of hydrogen-bond donors (Lipinski definition) is 3. The lowest BCUT2D eigenvalue weighted by Gasteiger charge is -2.30. The van der Waals surface area contributed by atoms with Gasteiger partial charge in [-0.3, -0.25) is 10.2 Å². The highest BCUT2D eigenvalue weighted by Gasteiger charge is 2.26. The number of hydrogen-bond acceptors (Lipinski definition) is 7. The normalized spacial score (nSPS) is 17.8. The van der Waals surface area contributed by atoms with E-state index in [1.54, 1.807) is 0 Å². The molecule has 2 heterocycles. The lowest BCUT2D eigenvalue weighted by atomic mass is 10.0. The zero-order valence-corrected chi connectivity index (χ0v) is 20.5. The highest BCUT2D eigenvalue weighted by Crippen LogP contribution is 2.25. The second kappa shape index (κ2) is 10.6. The van der Waals surface area contributed by atoms with Crippen molar-refractivity contribution in [3.05, 3.63) is 95.1 Å². The average molecular weight is 497 g/mol. The Balaban J connectivity index is 1.38. The summed E-state index contributed by atoms with van der Waals surface area (Å²) in [5.74, 6) is -0.607. The Morgan fingerprint density at radius 3 is 2.59 bits per heavy atom. The fourth-order valence-corrected chi connectivity index (χ4v) is 4.43. The van der Waals surface area contributed by atoms with Gasteiger partial charge in [0.1, 0.15) is 0 Å². The number of aryl methyl sites for hydroxylation is 1. The third-order valence-electron chi connectivity index (χ3n) is 6.24. The topological polar surface area (TPSA) is 125 Å². The van der Waals surface area contributed by atoms with Gasteiger partial charge in [-0.25, -0.2) is 4.99 Å². The second-order valence-corrected chi connectivity index (χ2v) is 8.75. The van der Waals surface area contributed by atoms with E-state index in [2.05, 4.69) is 20.2 Å². The first-order chi connectivity index (χ1) is 18.0. The summed E-state index contributed by atoms with van der Waals surface area (Å²) in [4.78, 5) is 24.1. The SMILES string of the molecule is Cc1cc(C(=N)OC(N)=NC2N=C(c3ccccc3)c3ccccc3NC2=O)ccc1N1CCOCC1. The van der Waals surface area contributed by atoms with Crippen LogP contribution in [-0.2, 0) is 14.3 Å². The van der Waals surface area contributed by atoms with Crippen LogP contribution >= 0.6 is 0 Å². The first-order valence-corrected chi connectivity index (χ1v) is 12.1. The average Bonchev–Trinajstić information content (AvgIpc) is 3.05. The van der Waals surface area contributed by atoms with Gasteiger partial charge in [0.15, 0.2) is 0 Å². The summed E-state index contributed by atoms with van der Waals surface area (Å²) in [7, 11) is 0. The van der Waals surface area contributed by atoms with Gasteiger partial charge in [-0.2, -0.15) is 4.99 Å². The maximum absolute atomic E-state index is 13.0. The van der Waals surface area contributed by atoms with Crippen LogP contribution in [0.2, 0.25) is 0 Å². The largest absolute Gasteiger partial charge is 0.407 e. The number of fused-ring (bicyclic) bond motifs is 1. The van der Waals surface area contributed by atoms with Gasteiger partial charge in [0.2, 0.25) is 12.1 Å². The van der Waals surface area contributed by atoms with Crippen molar-refractivity contribution in [1.82, 2.24) is 0 Å². The Labute approximate surface area is 215 Å². The molecule has 3 aromatic rings. The fourth-order valence-electron chi connectivity index (χ4n) is 4.43. The van der Waals surface area contributed by atoms with Crippen LogP contribution in [0.1, 0.15) is 22.3 Å². The molecule has 1 saturated heterocycles. The number of carbonyl (C=O) groups excluding carboxylic acids is 1. The van der Waals surface area contributed by atoms with Gasteiger partial charge in [-0.15, -0.1) is 0 Å². The molecule has 0 radical (unpaired) electrons. The van der Waals surface area contributed by atoms with Crippen molar-refractivity contribution in [2.75, 3.05) is 36.5 Å². The number of nitrogens with one attached hydrogen (secondary N) is 2. The molecule has 3 aromatic carbocycles. The van der Waals surface area contributed by atoms with E-state index >= 15 is 0 Å². The van der Waals surface area contributed by atoms with Crippen molar-refractivity contribution in [1.29, 1.82) is 5.41 Å². The summed E-state index contributed by atoms with van der Waals surface area (Å²) < 4.78 is 10.9. The van der Waals surface area contributed by atoms with E-state index in [0.29, 0.717) is 30.2 Å². The summed E-state index contributed by atoms with van der Waals surface area (Å²) in [6.45, 7) is 5.04. The number of amidine groups is 1. The highest BCUT2D eigenvalue weighted by atomic mass is 16.5. The molecule has 0 aliphatic carbocycles. The third-order valence-corrected chi connectivity index (χ3v) is 6.24. The van der Waals surface area contributed by atoms with Crippen molar-refractivity contribution in [2.24, 2.45) is 15.7 Å². The summed E-state index contributed by atoms with van der Waals surface area (Å²) in [6, 6.07) is 22.4. The van der Waals surface area contributed by atoms with Crippen molar-refractivity contribution in [2.45, 2.75) is 13.1 Å². The Bertz CT molecular complexity index is 1380. The minimum Gasteiger partial charge on any atom is -0.407 e. The molecular weight excluding hydrogens is 468 g/mol. The summed E-state index contributed by atoms with van der Waals surface area (Å²) in [5.41, 5.74) is 11.6. The summed E-state index contributed by atoms with van der Waals surface area (Å²) in [6.07, 6.45) is -1.18. The number of aliphatic imine (C=N–C) groups is 2. The van der Waals surface area contributed by atoms with Crippen LogP contribution in [0.15, 0.2) is 82.8 Å². The van der Waals surface area contributed by atoms with Crippen LogP contribution in [0.3, 0.4) is 0 Å². The molecule has 0 aromatic heterocycles. The van der Waals surface area contributed by atoms with Gasteiger partial charge in [0, 0.05) is 35.5 Å². The van der Waals surface area contributed by atoms with E-state index in [-0.39, 0.29) is 11.9 Å². The molecular formula is C28H28N6O3. The number of nitrogens with zero attached hydrogens (tertiary/aromatic N) is 3. The van der Waals surface area contributed by atoms with E-state index in [9.17, 15) is 4.79 Å². The predicted molar refractivity (Wildman–Crippen MR) is 145 cm³/mol. The maximum atomic E-state index is 13.0. The molecule has 1 fully saturated rings. The number of para-hydroxylation sites is 1. The molecule has 9 nitrogen and oxygen atoms in total. The zero-order valence-electron chi connectivity index (χ0n) is 20.5. The van der Waals surface area contributed by atoms with Gasteiger partial charge in [0.25, 0.3) is 11.9 Å². The Kier molecular flexibility index (Phi) is 6.96. The van der Waals surface area contributed by atoms with Crippen LogP contribution in [0.5, 0.6) is 0 Å². The van der Waals surface area contributed by atoms with Crippen molar-refractivity contribution in [3.8, 4) is 0 Å². The van der Waals surface area contributed by atoms with E-state index in [1.165, 1.54) is 0 Å². The molecule has 1 unspecified atom stereocenters. The Hall–Kier alpha value is -4.50. The predicted octanol–water partition coefficient (Wildman–Crippen LogP) is 3.30. The second-order valence-electron chi connectivity index (χ2n) is 8.75. The van der Waals surface area contributed by atoms with Gasteiger partial charge in [-0.05, 0) is 36.8 Å². The number of ether oxygens (including phenoxy) is 2. The number of amides is 1. The smallest absolute Gasteiger partial charge is 0.291 e. The van der Waals surface area contributed by atoms with Crippen LogP contribution in [0.25, 0.3) is 0 Å². The van der Waals surface area contributed by atoms with Crippen molar-refractivity contribution in [3.63, 3.8) is 0 Å². The Morgan fingerprint density at radius 2 is 1.84 bits per heavy atom. The van der Waals surface area contributed by atoms with Crippen molar-refractivity contribution >= 4 is 34.9 Å². The van der Waals surface area contributed by atoms with Crippen LogP contribution in [-0.4, -0.2) is 56.0 Å². The monoisotopic (exact) mass is 496 g/mol. The Morgan fingerprint density at radius 1 is 1.11 bits per heavy atom. The van der Waals surface area contributed by atoms with Gasteiger partial charge in [0.05, 0.1) is 24.6 Å². The van der Waals surface area contributed by atoms with E-state index in [1.807, 2.05) is 79.7 Å². The van der Waals surface area contributed by atoms with Gasteiger partial charge in [-0.1, -0.05) is 48.5 Å². The molecule has 4 N–H and O–H groups in total. The number of rotatable bonds is 4. The quantitative estimate of drug-likeness (QED) is 0.378. The van der Waals surface area contributed by atoms with Gasteiger partial charge >= 0.3 is 0 Å². The molecule has 0 bridgehead atoms. The molecule has 2 aliphatic rings. The minimum absolute atomic E-state index is 0.164. The molecule has 9 heteroatoms. The van der Waals surface area contributed by atoms with Crippen LogP contribution < -0.4 is 16.0 Å². The first kappa shape index (κ1) is 24.2. The lowest BCUT2D eigenvalue weighted by Crippen LogP contribution is -2.36.